The van der Waals surface area contributed by atoms with Gasteiger partial charge in [-0.1, -0.05) is 29.7 Å². The molecule has 0 spiro atoms. The molecule has 1 rings (SSSR count). The van der Waals surface area contributed by atoms with Crippen molar-refractivity contribution in [2.24, 2.45) is 0 Å². The highest BCUT2D eigenvalue weighted by atomic mass is 19.3. The third kappa shape index (κ3) is 2.04. The lowest BCUT2D eigenvalue weighted by Gasteiger charge is -2.10. The molecule has 11 heavy (non-hydrogen) atoms. The van der Waals surface area contributed by atoms with Gasteiger partial charge in [-0.25, -0.2) is 8.78 Å². The van der Waals surface area contributed by atoms with E-state index in [2.05, 4.69) is 0 Å². The van der Waals surface area contributed by atoms with Crippen LogP contribution in [0.5, 0.6) is 0 Å². The third-order valence-electron chi connectivity index (χ3n) is 1.39. The van der Waals surface area contributed by atoms with Crippen LogP contribution in [0.2, 0.25) is 0 Å². The molecule has 0 N–H and O–H groups in total. The van der Waals surface area contributed by atoms with Crippen molar-refractivity contribution in [2.75, 3.05) is 0 Å². The highest BCUT2D eigenvalue weighted by Gasteiger charge is 2.23. The molecule has 0 aliphatic rings. The van der Waals surface area contributed by atoms with Crippen molar-refractivity contribution < 1.29 is 8.78 Å². The first kappa shape index (κ1) is 8.24. The lowest BCUT2D eigenvalue weighted by molar-refractivity contribution is 0.0175. The third-order valence-corrected chi connectivity index (χ3v) is 1.39. The smallest absolute Gasteiger partial charge is 0.202 e. The molecule has 1 aromatic carbocycles. The molecule has 56 valence electrons. The standard InChI is InChI=1S/C8H7BF2/c1-8(10,11)6-3-2-4-7(9)5-6/h2-5H,1H3. The van der Waals surface area contributed by atoms with Gasteiger partial charge in [0.05, 0.1) is 0 Å². The van der Waals surface area contributed by atoms with Gasteiger partial charge < -0.3 is 0 Å². The number of alkyl halides is 2. The fraction of sp³-hybridized carbons (Fsp3) is 0.250. The van der Waals surface area contributed by atoms with Gasteiger partial charge in [-0.3, -0.25) is 0 Å². The zero-order valence-corrected chi connectivity index (χ0v) is 6.14. The molecule has 0 saturated heterocycles. The van der Waals surface area contributed by atoms with Crippen molar-refractivity contribution in [1.29, 1.82) is 0 Å². The molecule has 0 aromatic heterocycles. The minimum atomic E-state index is -2.80. The summed E-state index contributed by atoms with van der Waals surface area (Å²) < 4.78 is 25.2. The summed E-state index contributed by atoms with van der Waals surface area (Å²) >= 11 is 0. The Labute approximate surface area is 65.6 Å². The van der Waals surface area contributed by atoms with Crippen LogP contribution in [0.25, 0.3) is 0 Å². The van der Waals surface area contributed by atoms with Crippen molar-refractivity contribution in [3.05, 3.63) is 29.8 Å². The molecule has 0 amide bonds. The zero-order chi connectivity index (χ0) is 8.48. The molecule has 0 atom stereocenters. The first-order valence-corrected chi connectivity index (χ1v) is 3.24. The van der Waals surface area contributed by atoms with E-state index in [1.807, 2.05) is 0 Å². The Kier molecular flexibility index (Phi) is 1.98. The van der Waals surface area contributed by atoms with Gasteiger partial charge in [0, 0.05) is 12.5 Å². The van der Waals surface area contributed by atoms with Crippen molar-refractivity contribution in [2.45, 2.75) is 12.8 Å². The molecular formula is C8H7BF2. The SMILES string of the molecule is [B]c1cccc(C(C)(F)F)c1. The maximum absolute atomic E-state index is 12.6. The molecule has 0 heterocycles. The Morgan fingerprint density at radius 3 is 2.36 bits per heavy atom. The van der Waals surface area contributed by atoms with Crippen LogP contribution in [0, 0.1) is 0 Å². The Hall–Kier alpha value is -0.855. The van der Waals surface area contributed by atoms with Crippen LogP contribution >= 0.6 is 0 Å². The van der Waals surface area contributed by atoms with Gasteiger partial charge in [0.25, 0.3) is 5.92 Å². The van der Waals surface area contributed by atoms with E-state index in [1.54, 1.807) is 6.07 Å². The summed E-state index contributed by atoms with van der Waals surface area (Å²) in [4.78, 5) is 0. The molecule has 0 aliphatic heterocycles. The van der Waals surface area contributed by atoms with E-state index in [4.69, 9.17) is 7.85 Å². The van der Waals surface area contributed by atoms with Crippen molar-refractivity contribution in [1.82, 2.24) is 0 Å². The molecule has 0 saturated carbocycles. The van der Waals surface area contributed by atoms with E-state index >= 15 is 0 Å². The highest BCUT2D eigenvalue weighted by Crippen LogP contribution is 2.25. The Morgan fingerprint density at radius 1 is 1.36 bits per heavy atom. The van der Waals surface area contributed by atoms with Gasteiger partial charge in [-0.15, -0.1) is 0 Å². The Bertz CT molecular complexity index is 253. The maximum Gasteiger partial charge on any atom is 0.270 e. The largest absolute Gasteiger partial charge is 0.270 e. The summed E-state index contributed by atoms with van der Waals surface area (Å²) in [6.45, 7) is 0.849. The maximum atomic E-state index is 12.6. The number of hydrogen-bond acceptors (Lipinski definition) is 0. The zero-order valence-electron chi connectivity index (χ0n) is 6.14. The van der Waals surface area contributed by atoms with E-state index in [0.29, 0.717) is 5.46 Å². The molecule has 0 nitrogen and oxygen atoms in total. The fourth-order valence-electron chi connectivity index (χ4n) is 0.812. The van der Waals surface area contributed by atoms with E-state index in [0.717, 1.165) is 6.92 Å². The van der Waals surface area contributed by atoms with Crippen LogP contribution in [0.1, 0.15) is 12.5 Å². The fourth-order valence-corrected chi connectivity index (χ4v) is 0.812. The minimum absolute atomic E-state index is 0.0440. The lowest BCUT2D eigenvalue weighted by Crippen LogP contribution is -2.11. The van der Waals surface area contributed by atoms with Gasteiger partial charge in [0.1, 0.15) is 7.85 Å². The van der Waals surface area contributed by atoms with Crippen LogP contribution in [0.4, 0.5) is 8.78 Å². The predicted molar refractivity (Wildman–Crippen MR) is 41.4 cm³/mol. The molecular weight excluding hydrogens is 145 g/mol. The second-order valence-electron chi connectivity index (χ2n) is 2.51. The molecule has 3 heteroatoms. The summed E-state index contributed by atoms with van der Waals surface area (Å²) in [5.41, 5.74) is 0.321. The minimum Gasteiger partial charge on any atom is -0.202 e. The van der Waals surface area contributed by atoms with Crippen molar-refractivity contribution in [3.8, 4) is 0 Å². The number of benzene rings is 1. The topological polar surface area (TPSA) is 0 Å². The molecule has 0 unspecified atom stereocenters. The van der Waals surface area contributed by atoms with Crippen LogP contribution in [-0.4, -0.2) is 7.85 Å². The summed E-state index contributed by atoms with van der Waals surface area (Å²) in [7, 11) is 5.32. The normalized spacial score (nSPS) is 11.5. The Morgan fingerprint density at radius 2 is 2.00 bits per heavy atom. The van der Waals surface area contributed by atoms with Gasteiger partial charge in [0.2, 0.25) is 0 Å². The van der Waals surface area contributed by atoms with Gasteiger partial charge in [-0.2, -0.15) is 0 Å². The first-order valence-electron chi connectivity index (χ1n) is 3.24. The first-order chi connectivity index (χ1) is 5.00. The van der Waals surface area contributed by atoms with Crippen LogP contribution in [0.15, 0.2) is 24.3 Å². The molecule has 1 aromatic rings. The summed E-state index contributed by atoms with van der Waals surface area (Å²) in [5, 5.41) is 0. The molecule has 2 radical (unpaired) electrons. The van der Waals surface area contributed by atoms with Gasteiger partial charge >= 0.3 is 0 Å². The van der Waals surface area contributed by atoms with Gasteiger partial charge in [-0.05, 0) is 0 Å². The second kappa shape index (κ2) is 2.64. The predicted octanol–water partition coefficient (Wildman–Crippen LogP) is 1.59. The van der Waals surface area contributed by atoms with E-state index in [9.17, 15) is 8.78 Å². The summed E-state index contributed by atoms with van der Waals surface area (Å²) in [6, 6.07) is 5.73. The van der Waals surface area contributed by atoms with E-state index in [1.165, 1.54) is 18.2 Å². The number of halogens is 2. The highest BCUT2D eigenvalue weighted by molar-refractivity contribution is 6.32. The number of hydrogen-bond donors (Lipinski definition) is 0. The average molecular weight is 152 g/mol. The summed E-state index contributed by atoms with van der Waals surface area (Å²) in [5.74, 6) is -2.80. The number of rotatable bonds is 1. The van der Waals surface area contributed by atoms with Gasteiger partial charge in [0.15, 0.2) is 0 Å². The van der Waals surface area contributed by atoms with Crippen LogP contribution < -0.4 is 5.46 Å². The van der Waals surface area contributed by atoms with Crippen molar-refractivity contribution in [3.63, 3.8) is 0 Å². The lowest BCUT2D eigenvalue weighted by atomic mass is 9.93. The Balaban J connectivity index is 3.06. The van der Waals surface area contributed by atoms with Crippen molar-refractivity contribution >= 4 is 13.3 Å². The summed E-state index contributed by atoms with van der Waals surface area (Å²) in [6.07, 6.45) is 0. The monoisotopic (exact) mass is 152 g/mol. The molecule has 0 fully saturated rings. The molecule has 0 aliphatic carbocycles. The van der Waals surface area contributed by atoms with E-state index < -0.39 is 5.92 Å². The van der Waals surface area contributed by atoms with E-state index in [-0.39, 0.29) is 5.56 Å². The quantitative estimate of drug-likeness (QED) is 0.536. The second-order valence-corrected chi connectivity index (χ2v) is 2.51. The van der Waals surface area contributed by atoms with Crippen LogP contribution in [0.3, 0.4) is 0 Å². The molecule has 0 bridgehead atoms. The van der Waals surface area contributed by atoms with Crippen LogP contribution in [-0.2, 0) is 5.92 Å². The average Bonchev–Trinajstić information content (AvgIpc) is 1.86.